The number of aryl methyl sites for hydroxylation is 1. The second-order valence-corrected chi connectivity index (χ2v) is 17.5. The molecule has 4 aromatic rings. The van der Waals surface area contributed by atoms with Crippen LogP contribution in [0.25, 0.3) is 22.2 Å². The fourth-order valence-corrected chi connectivity index (χ4v) is 9.17. The average Bonchev–Trinajstić information content (AvgIpc) is 3.68. The molecule has 11 nitrogen and oxygen atoms in total. The summed E-state index contributed by atoms with van der Waals surface area (Å²) in [6.07, 6.45) is 7.10. The SMILES string of the molecule is COc1ccc2c(c1)C(C)C(C)(C(=O)N1CCC(c3nnc(C)o3)CC1)Cn1c-2c(C2CCCCC2)c2ccc(C(=O)NS(=O)(=O)C(C)C)cc21. The van der Waals surface area contributed by atoms with Crippen LogP contribution in [0, 0.1) is 12.3 Å². The number of ether oxygens (including phenoxy) is 1. The minimum Gasteiger partial charge on any atom is -0.497 e. The molecule has 0 spiro atoms. The zero-order valence-corrected chi connectivity index (χ0v) is 31.3. The van der Waals surface area contributed by atoms with Crippen molar-refractivity contribution in [3.05, 3.63) is 64.9 Å². The van der Waals surface area contributed by atoms with Crippen molar-refractivity contribution in [1.29, 1.82) is 0 Å². The summed E-state index contributed by atoms with van der Waals surface area (Å²) >= 11 is 0. The Bertz CT molecular complexity index is 2090. The normalized spacial score (nSPS) is 21.7. The minimum absolute atomic E-state index is 0.0785. The first-order valence-corrected chi connectivity index (χ1v) is 19.9. The number of aromatic nitrogens is 3. The van der Waals surface area contributed by atoms with E-state index >= 15 is 0 Å². The molecule has 2 aromatic carbocycles. The van der Waals surface area contributed by atoms with Gasteiger partial charge in [0.25, 0.3) is 5.91 Å². The molecule has 1 aliphatic carbocycles. The number of rotatable bonds is 7. The van der Waals surface area contributed by atoms with Gasteiger partial charge in [0.05, 0.1) is 23.5 Å². The van der Waals surface area contributed by atoms with Gasteiger partial charge in [-0.25, -0.2) is 13.1 Å². The van der Waals surface area contributed by atoms with E-state index in [2.05, 4.69) is 45.5 Å². The first kappa shape index (κ1) is 35.2. The first-order valence-electron chi connectivity index (χ1n) is 18.3. The standard InChI is InChI=1S/C39H49N5O6S/c1-23(2)51(47,48)42-36(45)28-12-14-31-33(20-28)44-22-39(5,38(46)43-18-16-27(17-19-43)37-41-40-25(4)50-37)24(3)32-21-29(49-6)13-15-30(32)35(44)34(31)26-10-8-7-9-11-26/h12-15,20-21,23-24,26-27H,7-11,16-19,22H2,1-6H3,(H,42,45). The van der Waals surface area contributed by atoms with E-state index in [4.69, 9.17) is 9.15 Å². The van der Waals surface area contributed by atoms with Crippen molar-refractivity contribution in [2.45, 2.75) is 109 Å². The molecule has 7 rings (SSSR count). The second kappa shape index (κ2) is 13.4. The molecule has 12 heteroatoms. The highest BCUT2D eigenvalue weighted by atomic mass is 32.2. The van der Waals surface area contributed by atoms with Gasteiger partial charge >= 0.3 is 0 Å². The van der Waals surface area contributed by atoms with Crippen molar-refractivity contribution in [3.8, 4) is 17.0 Å². The number of piperidine rings is 1. The van der Waals surface area contributed by atoms with Crippen LogP contribution in [0.3, 0.4) is 0 Å². The molecular formula is C39H49N5O6S. The van der Waals surface area contributed by atoms with Gasteiger partial charge in [-0.05, 0) is 99.7 Å². The molecule has 1 saturated carbocycles. The molecule has 1 saturated heterocycles. The number of amides is 2. The number of benzene rings is 2. The molecule has 2 fully saturated rings. The number of fused-ring (bicyclic) bond motifs is 5. The van der Waals surface area contributed by atoms with Crippen LogP contribution in [-0.2, 0) is 21.4 Å². The Labute approximate surface area is 300 Å². The van der Waals surface area contributed by atoms with Gasteiger partial charge < -0.3 is 18.6 Å². The third-order valence-electron chi connectivity index (χ3n) is 11.8. The van der Waals surface area contributed by atoms with E-state index in [0.29, 0.717) is 37.3 Å². The lowest BCUT2D eigenvalue weighted by Gasteiger charge is -2.41. The summed E-state index contributed by atoms with van der Waals surface area (Å²) in [5.41, 5.74) is 4.68. The predicted molar refractivity (Wildman–Crippen MR) is 195 cm³/mol. The van der Waals surface area contributed by atoms with E-state index in [1.165, 1.54) is 12.0 Å². The van der Waals surface area contributed by atoms with Gasteiger partial charge in [0.2, 0.25) is 27.7 Å². The molecule has 2 atom stereocenters. The zero-order chi connectivity index (χ0) is 36.2. The van der Waals surface area contributed by atoms with Crippen LogP contribution in [0.5, 0.6) is 5.75 Å². The highest BCUT2D eigenvalue weighted by Gasteiger charge is 2.47. The summed E-state index contributed by atoms with van der Waals surface area (Å²) in [4.78, 5) is 30.4. The smallest absolute Gasteiger partial charge is 0.264 e. The molecule has 51 heavy (non-hydrogen) atoms. The number of hydrogen-bond donors (Lipinski definition) is 1. The van der Waals surface area contributed by atoms with Crippen LogP contribution in [0.2, 0.25) is 0 Å². The molecule has 2 amide bonds. The largest absolute Gasteiger partial charge is 0.497 e. The van der Waals surface area contributed by atoms with E-state index in [0.717, 1.165) is 72.0 Å². The molecule has 2 aromatic heterocycles. The van der Waals surface area contributed by atoms with E-state index in [-0.39, 0.29) is 23.3 Å². The number of nitrogens with zero attached hydrogens (tertiary/aromatic N) is 4. The van der Waals surface area contributed by atoms with Crippen molar-refractivity contribution in [3.63, 3.8) is 0 Å². The van der Waals surface area contributed by atoms with Gasteiger partial charge in [0.1, 0.15) is 5.75 Å². The Morgan fingerprint density at radius 2 is 1.73 bits per heavy atom. The van der Waals surface area contributed by atoms with Crippen LogP contribution < -0.4 is 9.46 Å². The van der Waals surface area contributed by atoms with Gasteiger partial charge in [0.15, 0.2) is 0 Å². The maximum atomic E-state index is 15.0. The lowest BCUT2D eigenvalue weighted by molar-refractivity contribution is -0.144. The summed E-state index contributed by atoms with van der Waals surface area (Å²) in [7, 11) is -2.17. The number of likely N-dealkylation sites (tertiary alicyclic amines) is 1. The lowest BCUT2D eigenvalue weighted by atomic mass is 9.72. The molecular weight excluding hydrogens is 667 g/mol. The zero-order valence-electron chi connectivity index (χ0n) is 30.5. The minimum atomic E-state index is -3.83. The predicted octanol–water partition coefficient (Wildman–Crippen LogP) is 7.05. The maximum Gasteiger partial charge on any atom is 0.264 e. The Hall–Kier alpha value is -4.19. The van der Waals surface area contributed by atoms with Crippen molar-refractivity contribution in [2.24, 2.45) is 5.41 Å². The summed E-state index contributed by atoms with van der Waals surface area (Å²) in [6.45, 7) is 10.7. The van der Waals surface area contributed by atoms with Crippen LogP contribution in [-0.4, -0.2) is 65.3 Å². The van der Waals surface area contributed by atoms with Gasteiger partial charge in [-0.3, -0.25) is 9.59 Å². The Morgan fingerprint density at radius 3 is 2.37 bits per heavy atom. The molecule has 2 unspecified atom stereocenters. The average molecular weight is 716 g/mol. The highest BCUT2D eigenvalue weighted by molar-refractivity contribution is 7.90. The van der Waals surface area contributed by atoms with E-state index < -0.39 is 26.6 Å². The Kier molecular flexibility index (Phi) is 9.26. The number of nitrogens with one attached hydrogen (secondary N) is 1. The number of carbonyl (C=O) groups is 2. The summed E-state index contributed by atoms with van der Waals surface area (Å²) < 4.78 is 41.4. The molecule has 1 N–H and O–H groups in total. The van der Waals surface area contributed by atoms with Gasteiger partial charge in [-0.2, -0.15) is 0 Å². The van der Waals surface area contributed by atoms with Gasteiger partial charge in [0, 0.05) is 54.5 Å². The third-order valence-corrected chi connectivity index (χ3v) is 13.5. The summed E-state index contributed by atoms with van der Waals surface area (Å²) in [6, 6.07) is 11.7. The Morgan fingerprint density at radius 1 is 1.00 bits per heavy atom. The van der Waals surface area contributed by atoms with E-state index in [1.807, 2.05) is 23.1 Å². The molecule has 0 radical (unpaired) electrons. The van der Waals surface area contributed by atoms with Crippen molar-refractivity contribution >= 4 is 32.7 Å². The van der Waals surface area contributed by atoms with Gasteiger partial charge in [-0.15, -0.1) is 10.2 Å². The molecule has 3 aliphatic rings. The first-order chi connectivity index (χ1) is 24.3. The number of hydrogen-bond acceptors (Lipinski definition) is 8. The molecule has 0 bridgehead atoms. The van der Waals surface area contributed by atoms with Crippen LogP contribution in [0.4, 0.5) is 0 Å². The number of carbonyl (C=O) groups excluding carboxylic acids is 2. The van der Waals surface area contributed by atoms with Crippen molar-refractivity contribution < 1.29 is 27.2 Å². The van der Waals surface area contributed by atoms with Gasteiger partial charge in [-0.1, -0.05) is 32.3 Å². The van der Waals surface area contributed by atoms with Crippen molar-refractivity contribution in [2.75, 3.05) is 20.2 Å². The topological polar surface area (TPSA) is 137 Å². The lowest BCUT2D eigenvalue weighted by Crippen LogP contribution is -2.49. The van der Waals surface area contributed by atoms with Crippen LogP contribution >= 0.6 is 0 Å². The van der Waals surface area contributed by atoms with Crippen LogP contribution in [0.15, 0.2) is 40.8 Å². The van der Waals surface area contributed by atoms with Crippen molar-refractivity contribution in [1.82, 2.24) is 24.4 Å². The van der Waals surface area contributed by atoms with Crippen LogP contribution in [0.1, 0.15) is 124 Å². The fraction of sp³-hybridized carbons (Fsp3) is 0.538. The third kappa shape index (κ3) is 6.23. The maximum absolute atomic E-state index is 15.0. The molecule has 2 aliphatic heterocycles. The summed E-state index contributed by atoms with van der Waals surface area (Å²) in [5.74, 6) is 1.58. The summed E-state index contributed by atoms with van der Waals surface area (Å²) in [5, 5.41) is 8.56. The number of sulfonamides is 1. The Balaban J connectivity index is 1.37. The monoisotopic (exact) mass is 715 g/mol. The number of methoxy groups -OCH3 is 1. The second-order valence-electron chi connectivity index (χ2n) is 15.3. The van der Waals surface area contributed by atoms with E-state index in [9.17, 15) is 18.0 Å². The fourth-order valence-electron chi connectivity index (χ4n) is 8.55. The van der Waals surface area contributed by atoms with E-state index in [1.54, 1.807) is 33.9 Å². The molecule has 4 heterocycles. The molecule has 272 valence electrons. The highest BCUT2D eigenvalue weighted by Crippen LogP contribution is 2.53. The quantitative estimate of drug-likeness (QED) is 0.215.